The summed E-state index contributed by atoms with van der Waals surface area (Å²) in [5.41, 5.74) is 1.05. The molecule has 0 amide bonds. The average Bonchev–Trinajstić information content (AvgIpc) is 2.42. The number of hydrogen-bond acceptors (Lipinski definition) is 6. The van der Waals surface area contributed by atoms with Crippen LogP contribution in [0.15, 0.2) is 23.8 Å². The lowest BCUT2D eigenvalue weighted by atomic mass is 10.0. The molecule has 1 heterocycles. The van der Waals surface area contributed by atoms with Crippen LogP contribution in [0.1, 0.15) is 25.0 Å². The first-order valence-electron chi connectivity index (χ1n) is 6.58. The minimum atomic E-state index is -1.27. The number of methoxy groups -OCH3 is 1. The molecule has 0 unspecified atom stereocenters. The van der Waals surface area contributed by atoms with Crippen molar-refractivity contribution in [1.82, 2.24) is 0 Å². The third-order valence-electron chi connectivity index (χ3n) is 3.00. The highest BCUT2D eigenvalue weighted by atomic mass is 16.7. The first-order valence-corrected chi connectivity index (χ1v) is 6.58. The number of nitrogens with zero attached hydrogens (tertiary/aromatic N) is 1. The number of cyclic esters (lactones) is 2. The molecule has 6 nitrogen and oxygen atoms in total. The van der Waals surface area contributed by atoms with Crippen LogP contribution in [0.4, 0.5) is 0 Å². The van der Waals surface area contributed by atoms with Gasteiger partial charge in [-0.15, -0.1) is 0 Å². The fraction of sp³-hybridized carbons (Fsp3) is 0.312. The second kappa shape index (κ2) is 5.90. The molecular weight excluding hydrogens is 286 g/mol. The van der Waals surface area contributed by atoms with Crippen LogP contribution in [0.5, 0.6) is 5.75 Å². The van der Waals surface area contributed by atoms with Gasteiger partial charge in [0.1, 0.15) is 11.3 Å². The molecular formula is C16H15NO5. The quantitative estimate of drug-likeness (QED) is 0.482. The van der Waals surface area contributed by atoms with Crippen LogP contribution in [-0.2, 0) is 25.5 Å². The molecule has 0 N–H and O–H groups in total. The van der Waals surface area contributed by atoms with Crippen molar-refractivity contribution in [3.05, 3.63) is 34.9 Å². The maximum atomic E-state index is 11.9. The summed E-state index contributed by atoms with van der Waals surface area (Å²) in [6.45, 7) is 2.97. The van der Waals surface area contributed by atoms with Crippen molar-refractivity contribution in [2.24, 2.45) is 0 Å². The van der Waals surface area contributed by atoms with Gasteiger partial charge in [0.25, 0.3) is 5.79 Å². The molecule has 22 heavy (non-hydrogen) atoms. The molecule has 1 saturated heterocycles. The molecule has 1 fully saturated rings. The summed E-state index contributed by atoms with van der Waals surface area (Å²) < 4.78 is 15.2. The van der Waals surface area contributed by atoms with E-state index in [4.69, 9.17) is 19.5 Å². The summed E-state index contributed by atoms with van der Waals surface area (Å²) in [7, 11) is 1.51. The van der Waals surface area contributed by atoms with Crippen LogP contribution in [0.2, 0.25) is 0 Å². The summed E-state index contributed by atoms with van der Waals surface area (Å²) in [6.07, 6.45) is 1.53. The van der Waals surface area contributed by atoms with E-state index in [1.54, 1.807) is 18.2 Å². The molecule has 0 aromatic heterocycles. The summed E-state index contributed by atoms with van der Waals surface area (Å²) in [5, 5.41) is 8.82. The van der Waals surface area contributed by atoms with Crippen molar-refractivity contribution >= 4 is 18.0 Å². The lowest BCUT2D eigenvalue weighted by Gasteiger charge is -2.29. The van der Waals surface area contributed by atoms with Gasteiger partial charge >= 0.3 is 11.9 Å². The highest BCUT2D eigenvalue weighted by molar-refractivity contribution is 6.18. The first kappa shape index (κ1) is 15.6. The lowest BCUT2D eigenvalue weighted by molar-refractivity contribution is -0.222. The number of ether oxygens (including phenoxy) is 3. The standard InChI is InChI=1S/C16H15NO5/c1-16(2)21-14(18)12(15(19)22-16)9-10-4-5-13(20-3)11(8-10)6-7-17/h4-5,8-9H,6H2,1-3H3. The molecule has 0 saturated carbocycles. The maximum absolute atomic E-state index is 11.9. The number of carbonyl (C=O) groups excluding carboxylic acids is 2. The van der Waals surface area contributed by atoms with Gasteiger partial charge in [-0.25, -0.2) is 9.59 Å². The lowest BCUT2D eigenvalue weighted by Crippen LogP contribution is -2.41. The van der Waals surface area contributed by atoms with Crippen molar-refractivity contribution in [2.45, 2.75) is 26.1 Å². The Labute approximate surface area is 127 Å². The molecule has 0 aliphatic carbocycles. The topological polar surface area (TPSA) is 85.6 Å². The Morgan fingerprint density at radius 1 is 1.27 bits per heavy atom. The number of rotatable bonds is 3. The maximum Gasteiger partial charge on any atom is 0.348 e. The molecule has 0 spiro atoms. The number of nitriles is 1. The van der Waals surface area contributed by atoms with Crippen LogP contribution >= 0.6 is 0 Å². The zero-order chi connectivity index (χ0) is 16.3. The van der Waals surface area contributed by atoms with Gasteiger partial charge in [0, 0.05) is 19.4 Å². The Morgan fingerprint density at radius 3 is 2.45 bits per heavy atom. The van der Waals surface area contributed by atoms with E-state index in [0.29, 0.717) is 16.9 Å². The van der Waals surface area contributed by atoms with Gasteiger partial charge in [-0.2, -0.15) is 5.26 Å². The summed E-state index contributed by atoms with van der Waals surface area (Å²) in [5.74, 6) is -2.17. The van der Waals surface area contributed by atoms with Crippen LogP contribution in [0, 0.1) is 11.3 Å². The zero-order valence-electron chi connectivity index (χ0n) is 12.5. The van der Waals surface area contributed by atoms with E-state index in [0.717, 1.165) is 0 Å². The van der Waals surface area contributed by atoms with Crippen LogP contribution in [0.25, 0.3) is 6.08 Å². The molecule has 0 atom stereocenters. The Morgan fingerprint density at radius 2 is 1.91 bits per heavy atom. The van der Waals surface area contributed by atoms with E-state index in [1.165, 1.54) is 27.0 Å². The van der Waals surface area contributed by atoms with Gasteiger partial charge in [0.15, 0.2) is 0 Å². The summed E-state index contributed by atoms with van der Waals surface area (Å²) in [6, 6.07) is 7.05. The SMILES string of the molecule is COc1ccc(C=C2C(=O)OC(C)(C)OC2=O)cc1CC#N. The molecule has 1 aromatic carbocycles. The van der Waals surface area contributed by atoms with Crippen LogP contribution in [0.3, 0.4) is 0 Å². The minimum absolute atomic E-state index is 0.155. The van der Waals surface area contributed by atoms with E-state index in [2.05, 4.69) is 0 Å². The Kier molecular flexibility index (Phi) is 4.18. The van der Waals surface area contributed by atoms with E-state index in [1.807, 2.05) is 6.07 Å². The van der Waals surface area contributed by atoms with Gasteiger partial charge in [0.05, 0.1) is 19.6 Å². The molecule has 2 rings (SSSR count). The average molecular weight is 301 g/mol. The second-order valence-corrected chi connectivity index (χ2v) is 5.14. The van der Waals surface area contributed by atoms with E-state index >= 15 is 0 Å². The highest BCUT2D eigenvalue weighted by Crippen LogP contribution is 2.26. The largest absolute Gasteiger partial charge is 0.496 e. The number of esters is 2. The van der Waals surface area contributed by atoms with Crippen molar-refractivity contribution in [3.8, 4) is 11.8 Å². The molecule has 0 bridgehead atoms. The number of benzene rings is 1. The van der Waals surface area contributed by atoms with E-state index < -0.39 is 17.7 Å². The van der Waals surface area contributed by atoms with Gasteiger partial charge < -0.3 is 14.2 Å². The Bertz CT molecular complexity index is 675. The van der Waals surface area contributed by atoms with Crippen molar-refractivity contribution in [1.29, 1.82) is 5.26 Å². The predicted octanol–water partition coefficient (Wildman–Crippen LogP) is 1.98. The normalized spacial score (nSPS) is 16.4. The minimum Gasteiger partial charge on any atom is -0.496 e. The van der Waals surface area contributed by atoms with Crippen LogP contribution in [-0.4, -0.2) is 24.8 Å². The van der Waals surface area contributed by atoms with E-state index in [-0.39, 0.29) is 12.0 Å². The van der Waals surface area contributed by atoms with Crippen molar-refractivity contribution < 1.29 is 23.8 Å². The van der Waals surface area contributed by atoms with Gasteiger partial charge in [0.2, 0.25) is 0 Å². The number of hydrogen-bond donors (Lipinski definition) is 0. The monoisotopic (exact) mass is 301 g/mol. The van der Waals surface area contributed by atoms with Crippen molar-refractivity contribution in [2.75, 3.05) is 7.11 Å². The smallest absolute Gasteiger partial charge is 0.348 e. The first-order chi connectivity index (χ1) is 10.4. The third kappa shape index (κ3) is 3.26. The van der Waals surface area contributed by atoms with Crippen LogP contribution < -0.4 is 4.74 Å². The zero-order valence-corrected chi connectivity index (χ0v) is 12.5. The van der Waals surface area contributed by atoms with Gasteiger partial charge in [-0.3, -0.25) is 0 Å². The molecule has 1 aliphatic heterocycles. The fourth-order valence-electron chi connectivity index (χ4n) is 2.06. The van der Waals surface area contributed by atoms with Crippen molar-refractivity contribution in [3.63, 3.8) is 0 Å². The molecule has 114 valence electrons. The molecule has 6 heteroatoms. The predicted molar refractivity (Wildman–Crippen MR) is 76.6 cm³/mol. The Balaban J connectivity index is 2.37. The molecule has 1 aliphatic rings. The van der Waals surface area contributed by atoms with E-state index in [9.17, 15) is 9.59 Å². The van der Waals surface area contributed by atoms with Gasteiger partial charge in [-0.05, 0) is 23.8 Å². The second-order valence-electron chi connectivity index (χ2n) is 5.14. The summed E-state index contributed by atoms with van der Waals surface area (Å²) in [4.78, 5) is 23.8. The highest BCUT2D eigenvalue weighted by Gasteiger charge is 2.38. The Hall–Kier alpha value is -2.81. The molecule has 1 aromatic rings. The van der Waals surface area contributed by atoms with Gasteiger partial charge in [-0.1, -0.05) is 6.07 Å². The third-order valence-corrected chi connectivity index (χ3v) is 3.00. The summed E-state index contributed by atoms with van der Waals surface area (Å²) >= 11 is 0. The molecule has 0 radical (unpaired) electrons. The number of carbonyl (C=O) groups is 2. The fourth-order valence-corrected chi connectivity index (χ4v) is 2.06.